The number of benzene rings is 1. The molecule has 98 valence electrons. The lowest BCUT2D eigenvalue weighted by atomic mass is 10.2. The smallest absolute Gasteiger partial charge is 0.422 e. The van der Waals surface area contributed by atoms with Crippen molar-refractivity contribution in [2.24, 2.45) is 0 Å². The van der Waals surface area contributed by atoms with Crippen LogP contribution in [0.3, 0.4) is 0 Å². The number of hydrogen-bond acceptors (Lipinski definition) is 3. The van der Waals surface area contributed by atoms with Gasteiger partial charge in [-0.15, -0.1) is 0 Å². The minimum atomic E-state index is -4.44. The molecule has 0 aliphatic carbocycles. The first-order valence-electron chi connectivity index (χ1n) is 4.80. The minimum absolute atomic E-state index is 0.0561. The second kappa shape index (κ2) is 5.31. The highest BCUT2D eigenvalue weighted by atomic mass is 35.5. The van der Waals surface area contributed by atoms with E-state index in [0.29, 0.717) is 5.69 Å². The van der Waals surface area contributed by atoms with E-state index in [4.69, 9.17) is 17.0 Å². The Morgan fingerprint density at radius 3 is 2.44 bits per heavy atom. The number of rotatable bonds is 3. The van der Waals surface area contributed by atoms with Crippen molar-refractivity contribution in [3.05, 3.63) is 22.1 Å². The van der Waals surface area contributed by atoms with Gasteiger partial charge in [-0.1, -0.05) is 11.6 Å². The zero-order valence-corrected chi connectivity index (χ0v) is 10.4. The number of nitrogens with zero attached hydrogens (tertiary/aromatic N) is 3. The predicted octanol–water partition coefficient (Wildman–Crippen LogP) is 3.83. The molecule has 0 atom stereocenters. The van der Waals surface area contributed by atoms with Crippen molar-refractivity contribution in [3.8, 4) is 5.75 Å². The maximum Gasteiger partial charge on any atom is 0.422 e. The van der Waals surface area contributed by atoms with Crippen molar-refractivity contribution in [3.63, 3.8) is 0 Å². The molecule has 1 aromatic carbocycles. The van der Waals surface area contributed by atoms with E-state index < -0.39 is 12.8 Å². The zero-order chi connectivity index (χ0) is 13.9. The van der Waals surface area contributed by atoms with Gasteiger partial charge in [0.1, 0.15) is 5.02 Å². The summed E-state index contributed by atoms with van der Waals surface area (Å²) >= 11 is 5.78. The third kappa shape index (κ3) is 3.67. The van der Waals surface area contributed by atoms with Crippen LogP contribution in [0, 0.1) is 5.39 Å². The molecule has 0 N–H and O–H groups in total. The van der Waals surface area contributed by atoms with Crippen LogP contribution in [0.15, 0.2) is 12.1 Å². The first-order chi connectivity index (χ1) is 8.24. The molecule has 0 radical (unpaired) electrons. The van der Waals surface area contributed by atoms with Crippen LogP contribution in [-0.4, -0.2) is 26.9 Å². The molecule has 0 unspecified atom stereocenters. The maximum absolute atomic E-state index is 12.1. The standard InChI is InChI=1S/C10H10ClF3N3O/c1-17(2)8-3-6(11)7(16-15)4-9(8)18-5-10(12,13)14/h3-4H,5H2,1-2H3/q+1. The molecule has 0 aliphatic rings. The second-order valence-corrected chi connectivity index (χ2v) is 4.08. The Bertz CT molecular complexity index is 482. The Hall–Kier alpha value is -1.68. The molecule has 0 heterocycles. The van der Waals surface area contributed by atoms with Crippen molar-refractivity contribution in [1.29, 1.82) is 5.39 Å². The van der Waals surface area contributed by atoms with E-state index in [-0.39, 0.29) is 16.5 Å². The molecule has 0 aromatic heterocycles. The van der Waals surface area contributed by atoms with Crippen LogP contribution in [0.25, 0.3) is 4.98 Å². The molecule has 0 fully saturated rings. The largest absolute Gasteiger partial charge is 0.482 e. The van der Waals surface area contributed by atoms with Gasteiger partial charge >= 0.3 is 11.9 Å². The topological polar surface area (TPSA) is 40.6 Å². The highest BCUT2D eigenvalue weighted by Gasteiger charge is 2.30. The molecule has 18 heavy (non-hydrogen) atoms. The number of alkyl halides is 3. The lowest BCUT2D eigenvalue weighted by Gasteiger charge is -2.18. The Morgan fingerprint density at radius 2 is 2.00 bits per heavy atom. The fourth-order valence-corrected chi connectivity index (χ4v) is 1.43. The summed E-state index contributed by atoms with van der Waals surface area (Å²) in [7, 11) is 3.25. The third-order valence-electron chi connectivity index (χ3n) is 2.01. The predicted molar refractivity (Wildman–Crippen MR) is 62.1 cm³/mol. The Morgan fingerprint density at radius 1 is 1.39 bits per heavy atom. The Labute approximate surface area is 107 Å². The molecule has 0 spiro atoms. The molecule has 1 rings (SSSR count). The van der Waals surface area contributed by atoms with Crippen LogP contribution >= 0.6 is 11.6 Å². The summed E-state index contributed by atoms with van der Waals surface area (Å²) in [5.41, 5.74) is 0.302. The van der Waals surface area contributed by atoms with E-state index in [9.17, 15) is 13.2 Å². The summed E-state index contributed by atoms with van der Waals surface area (Å²) in [5.74, 6) is -0.0606. The average Bonchev–Trinajstić information content (AvgIpc) is 2.25. The minimum Gasteiger partial charge on any atom is -0.482 e. The maximum atomic E-state index is 12.1. The monoisotopic (exact) mass is 280 g/mol. The summed E-state index contributed by atoms with van der Waals surface area (Å²) in [4.78, 5) is 4.40. The van der Waals surface area contributed by atoms with Crippen LogP contribution in [0.1, 0.15) is 0 Å². The first-order valence-corrected chi connectivity index (χ1v) is 5.18. The van der Waals surface area contributed by atoms with Crippen LogP contribution < -0.4 is 9.64 Å². The highest BCUT2D eigenvalue weighted by molar-refractivity contribution is 6.33. The zero-order valence-electron chi connectivity index (χ0n) is 9.62. The SMILES string of the molecule is CN(C)c1cc(Cl)c([N+]#N)cc1OCC(F)(F)F. The van der Waals surface area contributed by atoms with Gasteiger partial charge in [0.05, 0.1) is 11.8 Å². The first kappa shape index (κ1) is 14.4. The molecule has 8 heteroatoms. The van der Waals surface area contributed by atoms with Gasteiger partial charge in [-0.25, -0.2) is 0 Å². The van der Waals surface area contributed by atoms with Gasteiger partial charge in [0, 0.05) is 14.1 Å². The van der Waals surface area contributed by atoms with Crippen molar-refractivity contribution in [1.82, 2.24) is 0 Å². The molecule has 4 nitrogen and oxygen atoms in total. The summed E-state index contributed by atoms with van der Waals surface area (Å²) in [5, 5.41) is 8.76. The van der Waals surface area contributed by atoms with Gasteiger partial charge in [-0.05, 0) is 6.07 Å². The van der Waals surface area contributed by atoms with Gasteiger partial charge in [0.25, 0.3) is 0 Å². The van der Waals surface area contributed by atoms with E-state index in [1.165, 1.54) is 6.07 Å². The Balaban J connectivity index is 3.11. The van der Waals surface area contributed by atoms with E-state index >= 15 is 0 Å². The number of halogens is 4. The summed E-state index contributed by atoms with van der Waals surface area (Å²) in [6.45, 7) is -1.43. The van der Waals surface area contributed by atoms with Crippen LogP contribution in [0.5, 0.6) is 5.75 Å². The molecule has 0 amide bonds. The lowest BCUT2D eigenvalue weighted by Crippen LogP contribution is -2.20. The van der Waals surface area contributed by atoms with Gasteiger partial charge in [-0.3, -0.25) is 0 Å². The van der Waals surface area contributed by atoms with E-state index in [1.807, 2.05) is 0 Å². The fourth-order valence-electron chi connectivity index (χ4n) is 1.23. The van der Waals surface area contributed by atoms with Crippen molar-refractivity contribution >= 4 is 23.0 Å². The molecular weight excluding hydrogens is 271 g/mol. The van der Waals surface area contributed by atoms with Gasteiger partial charge in [0.2, 0.25) is 5.39 Å². The van der Waals surface area contributed by atoms with Gasteiger partial charge < -0.3 is 9.64 Å². The number of hydrogen-bond donors (Lipinski definition) is 0. The van der Waals surface area contributed by atoms with Crippen LogP contribution in [0.2, 0.25) is 5.02 Å². The third-order valence-corrected chi connectivity index (χ3v) is 2.31. The summed E-state index contributed by atoms with van der Waals surface area (Å²) in [6.07, 6.45) is -4.44. The van der Waals surface area contributed by atoms with Gasteiger partial charge in [0.15, 0.2) is 17.3 Å². The molecule has 0 bridgehead atoms. The number of anilines is 1. The quantitative estimate of drug-likeness (QED) is 0.790. The molecule has 0 saturated heterocycles. The summed E-state index contributed by atoms with van der Waals surface area (Å²) in [6, 6.07) is 2.51. The van der Waals surface area contributed by atoms with Crippen molar-refractivity contribution < 1.29 is 17.9 Å². The second-order valence-electron chi connectivity index (χ2n) is 3.67. The van der Waals surface area contributed by atoms with E-state index in [2.05, 4.69) is 9.71 Å². The van der Waals surface area contributed by atoms with Crippen LogP contribution in [0.4, 0.5) is 24.5 Å². The van der Waals surface area contributed by atoms with E-state index in [1.54, 1.807) is 19.0 Å². The van der Waals surface area contributed by atoms with Crippen molar-refractivity contribution in [2.45, 2.75) is 6.18 Å². The average molecular weight is 281 g/mol. The Kier molecular flexibility index (Phi) is 4.24. The fraction of sp³-hybridized carbons (Fsp3) is 0.400. The number of ether oxygens (including phenoxy) is 1. The normalized spacial score (nSPS) is 10.9. The summed E-state index contributed by atoms with van der Waals surface area (Å²) < 4.78 is 41.0. The number of diazo groups is 1. The van der Waals surface area contributed by atoms with Crippen molar-refractivity contribution in [2.75, 3.05) is 25.6 Å². The lowest BCUT2D eigenvalue weighted by molar-refractivity contribution is -0.153. The molecule has 0 saturated carbocycles. The highest BCUT2D eigenvalue weighted by Crippen LogP contribution is 2.38. The van der Waals surface area contributed by atoms with E-state index in [0.717, 1.165) is 6.07 Å². The van der Waals surface area contributed by atoms with Gasteiger partial charge in [-0.2, -0.15) is 13.2 Å². The molecular formula is C10H10ClF3N3O+. The van der Waals surface area contributed by atoms with Crippen LogP contribution in [-0.2, 0) is 0 Å². The molecule has 1 aromatic rings. The molecule has 0 aliphatic heterocycles.